The summed E-state index contributed by atoms with van der Waals surface area (Å²) in [5.74, 6) is 0.0971. The lowest BCUT2D eigenvalue weighted by atomic mass is 10.0. The van der Waals surface area contributed by atoms with Gasteiger partial charge in [0.2, 0.25) is 5.95 Å². The van der Waals surface area contributed by atoms with Gasteiger partial charge in [-0.15, -0.1) is 0 Å². The Bertz CT molecular complexity index is 546. The molecular formula is C16H24N4O3. The topological polar surface area (TPSA) is 67.8 Å². The van der Waals surface area contributed by atoms with Crippen molar-refractivity contribution < 1.29 is 14.3 Å². The molecule has 126 valence electrons. The van der Waals surface area contributed by atoms with E-state index in [9.17, 15) is 4.79 Å². The largest absolute Gasteiger partial charge is 0.347 e. The number of ether oxygens (including phenoxy) is 2. The van der Waals surface area contributed by atoms with Crippen LogP contribution < -0.4 is 4.90 Å². The summed E-state index contributed by atoms with van der Waals surface area (Å²) in [6.07, 6.45) is 3.09. The smallest absolute Gasteiger partial charge is 0.272 e. The molecular weight excluding hydrogens is 296 g/mol. The molecule has 0 atom stereocenters. The normalized spacial score (nSPS) is 20.0. The number of piperidine rings is 1. The lowest BCUT2D eigenvalue weighted by Gasteiger charge is -2.37. The van der Waals surface area contributed by atoms with Crippen molar-refractivity contribution in [2.24, 2.45) is 0 Å². The van der Waals surface area contributed by atoms with E-state index in [1.54, 1.807) is 12.3 Å². The van der Waals surface area contributed by atoms with Gasteiger partial charge in [-0.2, -0.15) is 0 Å². The van der Waals surface area contributed by atoms with Crippen LogP contribution in [0.15, 0.2) is 12.3 Å². The van der Waals surface area contributed by atoms with Crippen LogP contribution in [0.3, 0.4) is 0 Å². The summed E-state index contributed by atoms with van der Waals surface area (Å²) < 4.78 is 11.4. The molecule has 7 heteroatoms. The van der Waals surface area contributed by atoms with Crippen molar-refractivity contribution in [3.05, 3.63) is 18.0 Å². The maximum absolute atomic E-state index is 12.7. The Labute approximate surface area is 136 Å². The van der Waals surface area contributed by atoms with E-state index in [2.05, 4.69) is 9.97 Å². The number of aromatic nitrogens is 2. The predicted octanol–water partition coefficient (Wildman–Crippen LogP) is 1.30. The van der Waals surface area contributed by atoms with Crippen molar-refractivity contribution >= 4 is 11.9 Å². The average Bonchev–Trinajstić information content (AvgIpc) is 3.04. The monoisotopic (exact) mass is 320 g/mol. The highest BCUT2D eigenvalue weighted by atomic mass is 16.7. The molecule has 23 heavy (non-hydrogen) atoms. The van der Waals surface area contributed by atoms with Crippen LogP contribution in [-0.2, 0) is 9.47 Å². The molecule has 0 aromatic carbocycles. The Kier molecular flexibility index (Phi) is 4.77. The third-order valence-corrected chi connectivity index (χ3v) is 4.53. The van der Waals surface area contributed by atoms with Crippen molar-refractivity contribution in [2.75, 3.05) is 44.3 Å². The number of likely N-dealkylation sites (tertiary alicyclic amines) is 1. The first-order valence-electron chi connectivity index (χ1n) is 8.32. The number of carbonyl (C=O) groups excluding carboxylic acids is 1. The van der Waals surface area contributed by atoms with Crippen LogP contribution in [-0.4, -0.2) is 66.0 Å². The molecule has 1 aromatic heterocycles. The van der Waals surface area contributed by atoms with Gasteiger partial charge < -0.3 is 19.3 Å². The van der Waals surface area contributed by atoms with E-state index in [0.29, 0.717) is 50.8 Å². The SMILES string of the molecule is CCN(CC)c1nccc(C(=O)N2CCC3(CC2)OCCO3)n1. The van der Waals surface area contributed by atoms with Gasteiger partial charge in [0.1, 0.15) is 5.69 Å². The number of amides is 1. The number of anilines is 1. The summed E-state index contributed by atoms with van der Waals surface area (Å²) in [7, 11) is 0. The number of hydrogen-bond donors (Lipinski definition) is 0. The first kappa shape index (κ1) is 16.1. The van der Waals surface area contributed by atoms with E-state index in [1.807, 2.05) is 23.6 Å². The van der Waals surface area contributed by atoms with Crippen LogP contribution in [0.5, 0.6) is 0 Å². The van der Waals surface area contributed by atoms with E-state index < -0.39 is 5.79 Å². The van der Waals surface area contributed by atoms with Crippen molar-refractivity contribution in [2.45, 2.75) is 32.5 Å². The molecule has 7 nitrogen and oxygen atoms in total. The molecule has 0 N–H and O–H groups in total. The summed E-state index contributed by atoms with van der Waals surface area (Å²) in [4.78, 5) is 25.3. The highest BCUT2D eigenvalue weighted by Gasteiger charge is 2.41. The van der Waals surface area contributed by atoms with Crippen LogP contribution in [0.25, 0.3) is 0 Å². The molecule has 2 fully saturated rings. The van der Waals surface area contributed by atoms with Gasteiger partial charge in [0.15, 0.2) is 5.79 Å². The number of rotatable bonds is 4. The van der Waals surface area contributed by atoms with Crippen molar-refractivity contribution in [3.63, 3.8) is 0 Å². The molecule has 1 aromatic rings. The second-order valence-electron chi connectivity index (χ2n) is 5.81. The van der Waals surface area contributed by atoms with Crippen molar-refractivity contribution in [1.29, 1.82) is 0 Å². The Morgan fingerprint density at radius 2 is 1.91 bits per heavy atom. The second-order valence-corrected chi connectivity index (χ2v) is 5.81. The zero-order valence-corrected chi connectivity index (χ0v) is 13.8. The third-order valence-electron chi connectivity index (χ3n) is 4.53. The van der Waals surface area contributed by atoms with Gasteiger partial charge in [-0.05, 0) is 19.9 Å². The Morgan fingerprint density at radius 1 is 1.26 bits per heavy atom. The number of hydrogen-bond acceptors (Lipinski definition) is 6. The van der Waals surface area contributed by atoms with Gasteiger partial charge in [0.25, 0.3) is 5.91 Å². The lowest BCUT2D eigenvalue weighted by molar-refractivity contribution is -0.181. The fourth-order valence-corrected chi connectivity index (χ4v) is 3.12. The summed E-state index contributed by atoms with van der Waals surface area (Å²) in [6.45, 7) is 8.28. The molecule has 0 bridgehead atoms. The summed E-state index contributed by atoms with van der Waals surface area (Å²) in [5.41, 5.74) is 0.450. The standard InChI is InChI=1S/C16H24N4O3/c1-3-19(4-2)15-17-8-5-13(18-15)14(21)20-9-6-16(7-10-20)22-11-12-23-16/h5,8H,3-4,6-7,9-12H2,1-2H3. The van der Waals surface area contributed by atoms with Crippen molar-refractivity contribution in [3.8, 4) is 0 Å². The molecule has 3 rings (SSSR count). The molecule has 0 radical (unpaired) electrons. The van der Waals surface area contributed by atoms with E-state index in [4.69, 9.17) is 9.47 Å². The highest BCUT2D eigenvalue weighted by Crippen LogP contribution is 2.31. The van der Waals surface area contributed by atoms with E-state index >= 15 is 0 Å². The predicted molar refractivity (Wildman–Crippen MR) is 85.4 cm³/mol. The first-order valence-corrected chi connectivity index (χ1v) is 8.32. The zero-order chi connectivity index (χ0) is 16.3. The fraction of sp³-hybridized carbons (Fsp3) is 0.688. The molecule has 0 saturated carbocycles. The second kappa shape index (κ2) is 6.80. The molecule has 2 saturated heterocycles. The van der Waals surface area contributed by atoms with Crippen LogP contribution in [0.4, 0.5) is 5.95 Å². The van der Waals surface area contributed by atoms with E-state index in [0.717, 1.165) is 13.1 Å². The molecule has 3 heterocycles. The Hall–Kier alpha value is -1.73. The quantitative estimate of drug-likeness (QED) is 0.833. The zero-order valence-electron chi connectivity index (χ0n) is 13.8. The van der Waals surface area contributed by atoms with Gasteiger partial charge in [-0.1, -0.05) is 0 Å². The van der Waals surface area contributed by atoms with Gasteiger partial charge in [-0.3, -0.25) is 4.79 Å². The average molecular weight is 320 g/mol. The Morgan fingerprint density at radius 3 is 2.52 bits per heavy atom. The summed E-state index contributed by atoms with van der Waals surface area (Å²) >= 11 is 0. The minimum Gasteiger partial charge on any atom is -0.347 e. The number of nitrogens with zero attached hydrogens (tertiary/aromatic N) is 4. The van der Waals surface area contributed by atoms with Crippen molar-refractivity contribution in [1.82, 2.24) is 14.9 Å². The minimum atomic E-state index is -0.463. The molecule has 0 aliphatic carbocycles. The first-order chi connectivity index (χ1) is 11.2. The Balaban J connectivity index is 1.68. The van der Waals surface area contributed by atoms with Crippen LogP contribution >= 0.6 is 0 Å². The maximum atomic E-state index is 12.7. The van der Waals surface area contributed by atoms with E-state index in [1.165, 1.54) is 0 Å². The van der Waals surface area contributed by atoms with Crippen LogP contribution in [0, 0.1) is 0 Å². The molecule has 1 spiro atoms. The van der Waals surface area contributed by atoms with Gasteiger partial charge in [-0.25, -0.2) is 9.97 Å². The fourth-order valence-electron chi connectivity index (χ4n) is 3.12. The van der Waals surface area contributed by atoms with E-state index in [-0.39, 0.29) is 5.91 Å². The van der Waals surface area contributed by atoms with Gasteiger partial charge in [0, 0.05) is 45.2 Å². The third kappa shape index (κ3) is 3.30. The molecule has 2 aliphatic rings. The summed E-state index contributed by atoms with van der Waals surface area (Å²) in [5, 5.41) is 0. The number of carbonyl (C=O) groups is 1. The highest BCUT2D eigenvalue weighted by molar-refractivity contribution is 5.92. The molecule has 2 aliphatic heterocycles. The lowest BCUT2D eigenvalue weighted by Crippen LogP contribution is -2.47. The molecule has 1 amide bonds. The minimum absolute atomic E-state index is 0.0475. The van der Waals surface area contributed by atoms with Gasteiger partial charge in [0.05, 0.1) is 13.2 Å². The van der Waals surface area contributed by atoms with Crippen LogP contribution in [0.2, 0.25) is 0 Å². The molecule has 0 unspecified atom stereocenters. The van der Waals surface area contributed by atoms with Gasteiger partial charge >= 0.3 is 0 Å². The maximum Gasteiger partial charge on any atom is 0.272 e. The van der Waals surface area contributed by atoms with Crippen LogP contribution in [0.1, 0.15) is 37.2 Å². The summed E-state index contributed by atoms with van der Waals surface area (Å²) in [6, 6.07) is 1.68.